The Morgan fingerprint density at radius 2 is 1.72 bits per heavy atom. The molecule has 7 nitrogen and oxygen atoms in total. The zero-order chi connectivity index (χ0) is 27.2. The van der Waals surface area contributed by atoms with Gasteiger partial charge < -0.3 is 24.6 Å². The third-order valence-electron chi connectivity index (χ3n) is 7.87. The summed E-state index contributed by atoms with van der Waals surface area (Å²) in [5.74, 6) is -0.0283. The Morgan fingerprint density at radius 1 is 1.00 bits per heavy atom. The maximum atomic E-state index is 12.6. The lowest BCUT2D eigenvalue weighted by atomic mass is 9.90. The van der Waals surface area contributed by atoms with Gasteiger partial charge in [0.05, 0.1) is 25.4 Å². The van der Waals surface area contributed by atoms with Gasteiger partial charge in [-0.25, -0.2) is 0 Å². The van der Waals surface area contributed by atoms with Gasteiger partial charge >= 0.3 is 0 Å². The van der Waals surface area contributed by atoms with Crippen LogP contribution in [0.4, 0.5) is 5.69 Å². The molecular weight excluding hydrogens is 492 g/mol. The summed E-state index contributed by atoms with van der Waals surface area (Å²) in [7, 11) is 1.76. The number of methoxy groups -OCH3 is 1. The van der Waals surface area contributed by atoms with Crippen molar-refractivity contribution in [3.63, 3.8) is 0 Å². The molecule has 7 heteroatoms. The van der Waals surface area contributed by atoms with E-state index in [-0.39, 0.29) is 30.6 Å². The second kappa shape index (κ2) is 12.9. The molecule has 3 aromatic rings. The molecule has 1 amide bonds. The van der Waals surface area contributed by atoms with Gasteiger partial charge in [0.1, 0.15) is 0 Å². The molecule has 0 aliphatic carbocycles. The van der Waals surface area contributed by atoms with Crippen molar-refractivity contribution in [2.75, 3.05) is 32.1 Å². The van der Waals surface area contributed by atoms with Crippen LogP contribution < -0.4 is 5.32 Å². The van der Waals surface area contributed by atoms with Crippen molar-refractivity contribution in [1.29, 1.82) is 0 Å². The average molecular weight is 531 g/mol. The van der Waals surface area contributed by atoms with Gasteiger partial charge in [0.2, 0.25) is 0 Å². The Balaban J connectivity index is 1.35. The van der Waals surface area contributed by atoms with Crippen LogP contribution in [0.1, 0.15) is 59.2 Å². The van der Waals surface area contributed by atoms with Gasteiger partial charge in [0.25, 0.3) is 5.91 Å². The van der Waals surface area contributed by atoms with Crippen molar-refractivity contribution in [3.8, 4) is 0 Å². The number of hydrogen-bond donors (Lipinski definition) is 2. The van der Waals surface area contributed by atoms with Crippen molar-refractivity contribution >= 4 is 11.6 Å². The quantitative estimate of drug-likeness (QED) is 0.389. The zero-order valence-electron chi connectivity index (χ0n) is 22.7. The van der Waals surface area contributed by atoms with E-state index in [1.54, 1.807) is 19.2 Å². The molecule has 2 aliphatic rings. The fourth-order valence-electron chi connectivity index (χ4n) is 5.59. The van der Waals surface area contributed by atoms with Gasteiger partial charge in [-0.2, -0.15) is 0 Å². The molecule has 2 saturated heterocycles. The first kappa shape index (κ1) is 27.5. The molecule has 2 heterocycles. The Morgan fingerprint density at radius 3 is 2.41 bits per heavy atom. The van der Waals surface area contributed by atoms with Gasteiger partial charge in [0.15, 0.2) is 6.29 Å². The summed E-state index contributed by atoms with van der Waals surface area (Å²) in [5, 5.41) is 12.5. The first-order chi connectivity index (χ1) is 19.1. The van der Waals surface area contributed by atoms with Gasteiger partial charge in [-0.1, -0.05) is 61.5 Å². The third kappa shape index (κ3) is 6.57. The molecule has 2 N–H and O–H groups in total. The number of carbonyl (C=O) groups is 1. The van der Waals surface area contributed by atoms with E-state index in [0.29, 0.717) is 17.3 Å². The molecule has 3 aromatic carbocycles. The summed E-state index contributed by atoms with van der Waals surface area (Å²) < 4.78 is 18.7. The van der Waals surface area contributed by atoms with Crippen LogP contribution >= 0.6 is 0 Å². The molecular formula is C32H38N2O5. The monoisotopic (exact) mass is 530 g/mol. The second-order valence-electron chi connectivity index (χ2n) is 10.5. The van der Waals surface area contributed by atoms with Crippen LogP contribution in [0.5, 0.6) is 0 Å². The maximum Gasteiger partial charge on any atom is 0.255 e. The minimum atomic E-state index is -0.545. The van der Waals surface area contributed by atoms with Crippen molar-refractivity contribution in [1.82, 2.24) is 4.90 Å². The summed E-state index contributed by atoms with van der Waals surface area (Å²) in [6, 6.07) is 25.2. The molecule has 0 aromatic heterocycles. The largest absolute Gasteiger partial charge is 0.392 e. The van der Waals surface area contributed by atoms with E-state index in [1.165, 1.54) is 0 Å². The number of aliphatic hydroxyl groups is 1. The molecule has 206 valence electrons. The Kier molecular flexibility index (Phi) is 9.06. The Labute approximate surface area is 230 Å². The highest BCUT2D eigenvalue weighted by atomic mass is 16.7. The molecule has 0 spiro atoms. The second-order valence-corrected chi connectivity index (χ2v) is 10.5. The predicted octanol–water partition coefficient (Wildman–Crippen LogP) is 5.33. The average Bonchev–Trinajstić information content (AvgIpc) is 3.41. The summed E-state index contributed by atoms with van der Waals surface area (Å²) in [4.78, 5) is 15.1. The lowest BCUT2D eigenvalue weighted by molar-refractivity contribution is -0.276. The Bertz CT molecular complexity index is 1200. The van der Waals surface area contributed by atoms with E-state index in [0.717, 1.165) is 49.2 Å². The van der Waals surface area contributed by atoms with E-state index >= 15 is 0 Å². The molecule has 39 heavy (non-hydrogen) atoms. The van der Waals surface area contributed by atoms with Crippen molar-refractivity contribution in [2.24, 2.45) is 5.92 Å². The zero-order valence-corrected chi connectivity index (χ0v) is 22.7. The number of nitrogens with zero attached hydrogens (tertiary/aromatic N) is 1. The number of carbonyl (C=O) groups excluding carboxylic acids is 1. The van der Waals surface area contributed by atoms with Crippen molar-refractivity contribution in [2.45, 2.75) is 50.9 Å². The van der Waals surface area contributed by atoms with E-state index < -0.39 is 6.29 Å². The first-order valence-corrected chi connectivity index (χ1v) is 13.8. The predicted molar refractivity (Wildman–Crippen MR) is 150 cm³/mol. The number of hydrogen-bond acceptors (Lipinski definition) is 6. The fraction of sp³-hybridized carbons (Fsp3) is 0.406. The molecule has 0 bridgehead atoms. The lowest BCUT2D eigenvalue weighted by Crippen LogP contribution is -2.46. The number of rotatable bonds is 9. The highest BCUT2D eigenvalue weighted by Gasteiger charge is 2.40. The van der Waals surface area contributed by atoms with Crippen LogP contribution in [0.25, 0.3) is 0 Å². The number of aliphatic hydroxyl groups excluding tert-OH is 1. The number of amides is 1. The van der Waals surface area contributed by atoms with Gasteiger partial charge in [0, 0.05) is 42.4 Å². The molecule has 5 rings (SSSR count). The van der Waals surface area contributed by atoms with Crippen LogP contribution in [0.15, 0.2) is 78.9 Å². The normalized spacial score (nSPS) is 25.5. The molecule has 0 radical (unpaired) electrons. The number of anilines is 1. The fourth-order valence-corrected chi connectivity index (χ4v) is 5.59. The van der Waals surface area contributed by atoms with Gasteiger partial charge in [-0.05, 0) is 54.8 Å². The minimum absolute atomic E-state index is 0.0126. The number of likely N-dealkylation sites (tertiary alicyclic amines) is 1. The summed E-state index contributed by atoms with van der Waals surface area (Å²) in [6.07, 6.45) is 1.55. The number of nitrogens with one attached hydrogen (secondary N) is 1. The highest BCUT2D eigenvalue weighted by molar-refractivity contribution is 6.04. The SMILES string of the molecule is COCC1CCCN1CC1OC(c2ccc(NC(=O)c3ccccc3)cc2)OC(c2ccc(CO)cc2)C1C. The third-order valence-corrected chi connectivity index (χ3v) is 7.87. The number of benzene rings is 3. The Hall–Kier alpha value is -3.07. The van der Waals surface area contributed by atoms with Gasteiger partial charge in [-0.15, -0.1) is 0 Å². The molecule has 2 fully saturated rings. The molecule has 0 saturated carbocycles. The van der Waals surface area contributed by atoms with E-state index in [1.807, 2.05) is 66.7 Å². The van der Waals surface area contributed by atoms with Crippen LogP contribution in [0.2, 0.25) is 0 Å². The highest BCUT2D eigenvalue weighted by Crippen LogP contribution is 2.42. The standard InChI is InChI=1S/C32H38N2O5/c1-22-29(19-34-18-6-9-28(34)21-37-2)38-32(39-30(22)24-12-10-23(20-35)11-13-24)26-14-16-27(17-15-26)33-31(36)25-7-4-3-5-8-25/h3-5,7-8,10-17,22,28-30,32,35H,6,9,18-21H2,1-2H3,(H,33,36). The smallest absolute Gasteiger partial charge is 0.255 e. The van der Waals surface area contributed by atoms with Crippen LogP contribution in [0.3, 0.4) is 0 Å². The summed E-state index contributed by atoms with van der Waals surface area (Å²) in [5.41, 5.74) is 4.17. The van der Waals surface area contributed by atoms with E-state index in [9.17, 15) is 9.90 Å². The summed E-state index contributed by atoms with van der Waals surface area (Å²) >= 11 is 0. The molecule has 5 unspecified atom stereocenters. The number of ether oxygens (including phenoxy) is 3. The summed E-state index contributed by atoms with van der Waals surface area (Å²) in [6.45, 7) is 4.78. The first-order valence-electron chi connectivity index (χ1n) is 13.8. The van der Waals surface area contributed by atoms with Crippen molar-refractivity contribution in [3.05, 3.63) is 101 Å². The van der Waals surface area contributed by atoms with Crippen LogP contribution in [-0.2, 0) is 20.8 Å². The molecule has 5 atom stereocenters. The molecule has 2 aliphatic heterocycles. The van der Waals surface area contributed by atoms with Crippen LogP contribution in [-0.4, -0.2) is 54.9 Å². The van der Waals surface area contributed by atoms with Crippen LogP contribution in [0, 0.1) is 5.92 Å². The minimum Gasteiger partial charge on any atom is -0.392 e. The van der Waals surface area contributed by atoms with E-state index in [2.05, 4.69) is 17.1 Å². The topological polar surface area (TPSA) is 80.3 Å². The van der Waals surface area contributed by atoms with Crippen molar-refractivity contribution < 1.29 is 24.1 Å². The lowest BCUT2D eigenvalue weighted by Gasteiger charge is -2.43. The van der Waals surface area contributed by atoms with Gasteiger partial charge in [-0.3, -0.25) is 9.69 Å². The maximum absolute atomic E-state index is 12.6. The van der Waals surface area contributed by atoms with E-state index in [4.69, 9.17) is 14.2 Å².